The Morgan fingerprint density at radius 3 is 2.70 bits per heavy atom. The topological polar surface area (TPSA) is 38.8 Å². The molecule has 0 spiro atoms. The summed E-state index contributed by atoms with van der Waals surface area (Å²) in [4.78, 5) is 13.7. The van der Waals surface area contributed by atoms with Crippen LogP contribution in [0.5, 0.6) is 11.5 Å². The number of methoxy groups -OCH3 is 1. The quantitative estimate of drug-likeness (QED) is 0.786. The molecule has 0 aliphatic carbocycles. The van der Waals surface area contributed by atoms with E-state index in [0.717, 1.165) is 11.3 Å². The maximum Gasteiger partial charge on any atom is 0.260 e. The van der Waals surface area contributed by atoms with Crippen LogP contribution in [-0.4, -0.2) is 31.6 Å². The van der Waals surface area contributed by atoms with Gasteiger partial charge in [-0.15, -0.1) is 0 Å². The van der Waals surface area contributed by atoms with Crippen molar-refractivity contribution < 1.29 is 14.3 Å². The van der Waals surface area contributed by atoms with E-state index < -0.39 is 0 Å². The maximum atomic E-state index is 12.2. The molecule has 0 aliphatic rings. The van der Waals surface area contributed by atoms with Crippen molar-refractivity contribution in [2.45, 2.75) is 6.54 Å². The molecule has 2 aromatic carbocycles. The van der Waals surface area contributed by atoms with E-state index in [2.05, 4.69) is 0 Å². The second-order valence-corrected chi connectivity index (χ2v) is 5.81. The average Bonchev–Trinajstić information content (AvgIpc) is 2.55. The number of hydrogen-bond donors (Lipinski definition) is 0. The van der Waals surface area contributed by atoms with Crippen molar-refractivity contribution in [3.63, 3.8) is 0 Å². The van der Waals surface area contributed by atoms with Crippen LogP contribution in [0.1, 0.15) is 5.56 Å². The molecule has 0 saturated carbocycles. The Balaban J connectivity index is 1.93. The molecule has 6 heteroatoms. The third-order valence-electron chi connectivity index (χ3n) is 3.22. The van der Waals surface area contributed by atoms with Gasteiger partial charge in [0.2, 0.25) is 0 Å². The molecular formula is C17H17Cl2NO3. The molecule has 0 aliphatic heterocycles. The first-order chi connectivity index (χ1) is 11.0. The number of carbonyl (C=O) groups excluding carboxylic acids is 1. The van der Waals surface area contributed by atoms with Crippen molar-refractivity contribution in [2.24, 2.45) is 0 Å². The Hall–Kier alpha value is -1.91. The lowest BCUT2D eigenvalue weighted by atomic mass is 10.2. The minimum Gasteiger partial charge on any atom is -0.497 e. The second-order valence-electron chi connectivity index (χ2n) is 4.96. The Bertz CT molecular complexity index is 691. The van der Waals surface area contributed by atoms with E-state index in [1.54, 1.807) is 37.3 Å². The smallest absolute Gasteiger partial charge is 0.260 e. The fraction of sp³-hybridized carbons (Fsp3) is 0.235. The molecule has 0 bridgehead atoms. The summed E-state index contributed by atoms with van der Waals surface area (Å²) < 4.78 is 10.6. The summed E-state index contributed by atoms with van der Waals surface area (Å²) in [6.07, 6.45) is 0. The molecule has 2 rings (SSSR count). The molecule has 0 unspecified atom stereocenters. The van der Waals surface area contributed by atoms with Crippen molar-refractivity contribution in [1.82, 2.24) is 4.90 Å². The zero-order valence-electron chi connectivity index (χ0n) is 12.9. The fourth-order valence-corrected chi connectivity index (χ4v) is 2.30. The number of benzene rings is 2. The van der Waals surface area contributed by atoms with E-state index in [4.69, 9.17) is 32.7 Å². The van der Waals surface area contributed by atoms with E-state index >= 15 is 0 Å². The molecule has 0 aromatic heterocycles. The van der Waals surface area contributed by atoms with Crippen LogP contribution in [0.15, 0.2) is 42.5 Å². The van der Waals surface area contributed by atoms with Gasteiger partial charge in [0.15, 0.2) is 6.61 Å². The van der Waals surface area contributed by atoms with E-state index in [-0.39, 0.29) is 12.5 Å². The molecule has 0 fully saturated rings. The number of amides is 1. The van der Waals surface area contributed by atoms with Crippen LogP contribution < -0.4 is 9.47 Å². The van der Waals surface area contributed by atoms with Crippen LogP contribution in [0.3, 0.4) is 0 Å². The predicted octanol–water partition coefficient (Wildman–Crippen LogP) is 4.04. The van der Waals surface area contributed by atoms with Crippen molar-refractivity contribution in [1.29, 1.82) is 0 Å². The third-order valence-corrected chi connectivity index (χ3v) is 3.77. The van der Waals surface area contributed by atoms with Gasteiger partial charge in [0, 0.05) is 24.7 Å². The standard InChI is InChI=1S/C17H17Cl2NO3/c1-20(10-12-4-3-5-14(8-12)22-2)17(21)11-23-16-9-13(18)6-7-15(16)19/h3-9H,10-11H2,1-2H3. The van der Waals surface area contributed by atoms with Gasteiger partial charge in [-0.25, -0.2) is 0 Å². The highest BCUT2D eigenvalue weighted by Crippen LogP contribution is 2.27. The number of ether oxygens (including phenoxy) is 2. The number of carbonyl (C=O) groups is 1. The summed E-state index contributed by atoms with van der Waals surface area (Å²) in [6.45, 7) is 0.350. The van der Waals surface area contributed by atoms with Gasteiger partial charge < -0.3 is 14.4 Å². The van der Waals surface area contributed by atoms with E-state index in [1.807, 2.05) is 24.3 Å². The van der Waals surface area contributed by atoms with Crippen LogP contribution in [-0.2, 0) is 11.3 Å². The molecule has 0 heterocycles. The molecule has 0 radical (unpaired) electrons. The van der Waals surface area contributed by atoms with Crippen LogP contribution in [0, 0.1) is 0 Å². The Morgan fingerprint density at radius 2 is 1.96 bits per heavy atom. The van der Waals surface area contributed by atoms with Gasteiger partial charge in [-0.05, 0) is 29.8 Å². The van der Waals surface area contributed by atoms with Gasteiger partial charge in [0.05, 0.1) is 12.1 Å². The van der Waals surface area contributed by atoms with Gasteiger partial charge in [0.25, 0.3) is 5.91 Å². The molecule has 2 aromatic rings. The summed E-state index contributed by atoms with van der Waals surface area (Å²) in [5.74, 6) is 0.983. The Morgan fingerprint density at radius 1 is 1.17 bits per heavy atom. The first-order valence-electron chi connectivity index (χ1n) is 6.94. The largest absolute Gasteiger partial charge is 0.497 e. The predicted molar refractivity (Wildman–Crippen MR) is 91.4 cm³/mol. The zero-order chi connectivity index (χ0) is 16.8. The second kappa shape index (κ2) is 8.09. The highest BCUT2D eigenvalue weighted by Gasteiger charge is 2.12. The molecule has 0 atom stereocenters. The van der Waals surface area contributed by atoms with Gasteiger partial charge in [0.1, 0.15) is 11.5 Å². The molecule has 0 N–H and O–H groups in total. The summed E-state index contributed by atoms with van der Waals surface area (Å²) in [5.41, 5.74) is 0.973. The highest BCUT2D eigenvalue weighted by molar-refractivity contribution is 6.34. The number of halogens is 2. The maximum absolute atomic E-state index is 12.2. The van der Waals surface area contributed by atoms with Crippen LogP contribution >= 0.6 is 23.2 Å². The fourth-order valence-electron chi connectivity index (χ4n) is 1.97. The molecular weight excluding hydrogens is 337 g/mol. The number of rotatable bonds is 6. The zero-order valence-corrected chi connectivity index (χ0v) is 14.4. The lowest BCUT2D eigenvalue weighted by Crippen LogP contribution is -2.31. The van der Waals surface area contributed by atoms with E-state index in [0.29, 0.717) is 22.3 Å². The van der Waals surface area contributed by atoms with Gasteiger partial charge in [-0.3, -0.25) is 4.79 Å². The normalized spacial score (nSPS) is 10.3. The van der Waals surface area contributed by atoms with E-state index in [9.17, 15) is 4.79 Å². The SMILES string of the molecule is COc1cccc(CN(C)C(=O)COc2cc(Cl)ccc2Cl)c1. The number of likely N-dealkylation sites (N-methyl/N-ethyl adjacent to an activating group) is 1. The molecule has 1 amide bonds. The summed E-state index contributed by atoms with van der Waals surface area (Å²) in [5, 5.41) is 0.916. The first kappa shape index (κ1) is 17.4. The van der Waals surface area contributed by atoms with Crippen molar-refractivity contribution in [3.8, 4) is 11.5 Å². The van der Waals surface area contributed by atoms with E-state index in [1.165, 1.54) is 0 Å². The minimum atomic E-state index is -0.163. The van der Waals surface area contributed by atoms with Gasteiger partial charge >= 0.3 is 0 Å². The number of nitrogens with zero attached hydrogens (tertiary/aromatic N) is 1. The molecule has 23 heavy (non-hydrogen) atoms. The number of hydrogen-bond acceptors (Lipinski definition) is 3. The summed E-state index contributed by atoms with van der Waals surface area (Å²) >= 11 is 11.9. The third kappa shape index (κ3) is 5.05. The minimum absolute atomic E-state index is 0.111. The lowest BCUT2D eigenvalue weighted by Gasteiger charge is -2.18. The van der Waals surface area contributed by atoms with Crippen molar-refractivity contribution in [3.05, 3.63) is 58.1 Å². The molecule has 122 valence electrons. The highest BCUT2D eigenvalue weighted by atomic mass is 35.5. The monoisotopic (exact) mass is 353 g/mol. The van der Waals surface area contributed by atoms with Gasteiger partial charge in [-0.1, -0.05) is 35.3 Å². The molecule has 0 saturated heterocycles. The van der Waals surface area contributed by atoms with Crippen LogP contribution in [0.25, 0.3) is 0 Å². The van der Waals surface area contributed by atoms with Crippen LogP contribution in [0.2, 0.25) is 10.0 Å². The van der Waals surface area contributed by atoms with Crippen LogP contribution in [0.4, 0.5) is 0 Å². The summed E-state index contributed by atoms with van der Waals surface area (Å²) in [7, 11) is 3.32. The molecule has 4 nitrogen and oxygen atoms in total. The first-order valence-corrected chi connectivity index (χ1v) is 7.70. The van der Waals surface area contributed by atoms with Gasteiger partial charge in [-0.2, -0.15) is 0 Å². The Kier molecular flexibility index (Phi) is 6.13. The lowest BCUT2D eigenvalue weighted by molar-refractivity contribution is -0.132. The summed E-state index contributed by atoms with van der Waals surface area (Å²) in [6, 6.07) is 12.4. The van der Waals surface area contributed by atoms with Crippen molar-refractivity contribution in [2.75, 3.05) is 20.8 Å². The average molecular weight is 354 g/mol. The van der Waals surface area contributed by atoms with Crippen molar-refractivity contribution >= 4 is 29.1 Å². The Labute approximate surface area is 145 Å².